The molecule has 1 fully saturated rings. The monoisotopic (exact) mass is 307 g/mol. The Bertz CT molecular complexity index is 712. The standard InChI is InChI=1S/C14H17N3O3S/c1-9(18)17-10-4-5-11(7-10)21(19,20)14-12-3-2-6-15-13(12)8-16-14/h2-3,6,10-11H,4-5,7-8H2,1H3,(H,17,18)/t10-,11?/m0/s1. The van der Waals surface area contributed by atoms with Gasteiger partial charge >= 0.3 is 0 Å². The minimum atomic E-state index is -3.46. The van der Waals surface area contributed by atoms with Crippen LogP contribution in [0.15, 0.2) is 23.3 Å². The van der Waals surface area contributed by atoms with E-state index in [1.807, 2.05) is 0 Å². The molecule has 1 amide bonds. The average molecular weight is 307 g/mol. The van der Waals surface area contributed by atoms with E-state index in [9.17, 15) is 13.2 Å². The van der Waals surface area contributed by atoms with E-state index < -0.39 is 15.1 Å². The number of fused-ring (bicyclic) bond motifs is 1. The van der Waals surface area contributed by atoms with Crippen LogP contribution >= 0.6 is 0 Å². The lowest BCUT2D eigenvalue weighted by Crippen LogP contribution is -2.33. The number of hydrogen-bond donors (Lipinski definition) is 1. The molecule has 1 saturated carbocycles. The minimum absolute atomic E-state index is 0.0577. The van der Waals surface area contributed by atoms with Crippen LogP contribution in [0.2, 0.25) is 0 Å². The van der Waals surface area contributed by atoms with Crippen LogP contribution in [-0.4, -0.2) is 35.6 Å². The molecule has 1 aromatic rings. The van der Waals surface area contributed by atoms with E-state index in [0.29, 0.717) is 37.1 Å². The molecule has 1 aliphatic heterocycles. The van der Waals surface area contributed by atoms with E-state index >= 15 is 0 Å². The van der Waals surface area contributed by atoms with Crippen LogP contribution in [0.3, 0.4) is 0 Å². The van der Waals surface area contributed by atoms with E-state index in [4.69, 9.17) is 0 Å². The van der Waals surface area contributed by atoms with Gasteiger partial charge in [-0.15, -0.1) is 0 Å². The Morgan fingerprint density at radius 2 is 2.19 bits per heavy atom. The molecular formula is C14H17N3O3S. The Labute approximate surface area is 123 Å². The molecule has 2 atom stereocenters. The minimum Gasteiger partial charge on any atom is -0.354 e. The van der Waals surface area contributed by atoms with E-state index in [-0.39, 0.29) is 17.0 Å². The van der Waals surface area contributed by atoms with Crippen molar-refractivity contribution in [1.82, 2.24) is 10.3 Å². The third-order valence-corrected chi connectivity index (χ3v) is 6.19. The zero-order chi connectivity index (χ0) is 15.0. The van der Waals surface area contributed by atoms with Crippen LogP contribution in [0.1, 0.15) is 37.4 Å². The van der Waals surface area contributed by atoms with Gasteiger partial charge in [0.2, 0.25) is 5.91 Å². The molecule has 6 nitrogen and oxygen atoms in total. The van der Waals surface area contributed by atoms with Crippen molar-refractivity contribution in [3.63, 3.8) is 0 Å². The van der Waals surface area contributed by atoms with Crippen LogP contribution in [0.25, 0.3) is 0 Å². The number of rotatable bonds is 2. The summed E-state index contributed by atoms with van der Waals surface area (Å²) >= 11 is 0. The average Bonchev–Trinajstić information content (AvgIpc) is 3.04. The second-order valence-corrected chi connectivity index (χ2v) is 7.64. The first-order chi connectivity index (χ1) is 9.98. The molecule has 1 N–H and O–H groups in total. The summed E-state index contributed by atoms with van der Waals surface area (Å²) < 4.78 is 25.5. The van der Waals surface area contributed by atoms with Crippen LogP contribution in [0, 0.1) is 0 Å². The first-order valence-electron chi connectivity index (χ1n) is 6.98. The van der Waals surface area contributed by atoms with Crippen LogP contribution in [0.5, 0.6) is 0 Å². The number of aliphatic imine (C=N–C) groups is 1. The zero-order valence-corrected chi connectivity index (χ0v) is 12.6. The number of carbonyl (C=O) groups excluding carboxylic acids is 1. The molecule has 0 radical (unpaired) electrons. The topological polar surface area (TPSA) is 88.5 Å². The second-order valence-electron chi connectivity index (χ2n) is 5.50. The first kappa shape index (κ1) is 14.2. The summed E-state index contributed by atoms with van der Waals surface area (Å²) in [5.41, 5.74) is 1.34. The SMILES string of the molecule is CC(=O)N[C@H]1CCC(S(=O)(=O)C2=NCc3ncccc32)C1. The number of sulfone groups is 1. The number of pyridine rings is 1. The predicted octanol–water partition coefficient (Wildman–Crippen LogP) is 0.814. The smallest absolute Gasteiger partial charge is 0.217 e. The van der Waals surface area contributed by atoms with Gasteiger partial charge in [0.05, 0.1) is 17.5 Å². The molecular weight excluding hydrogens is 290 g/mol. The molecule has 21 heavy (non-hydrogen) atoms. The molecule has 1 aromatic heterocycles. The Morgan fingerprint density at radius 1 is 1.38 bits per heavy atom. The maximum atomic E-state index is 12.8. The maximum absolute atomic E-state index is 12.8. The van der Waals surface area contributed by atoms with Crippen molar-refractivity contribution in [1.29, 1.82) is 0 Å². The van der Waals surface area contributed by atoms with Gasteiger partial charge in [-0.05, 0) is 31.4 Å². The summed E-state index contributed by atoms with van der Waals surface area (Å²) in [6.07, 6.45) is 3.35. The van der Waals surface area contributed by atoms with Crippen molar-refractivity contribution >= 4 is 20.8 Å². The van der Waals surface area contributed by atoms with Crippen molar-refractivity contribution in [2.24, 2.45) is 4.99 Å². The van der Waals surface area contributed by atoms with Crippen LogP contribution in [0.4, 0.5) is 0 Å². The van der Waals surface area contributed by atoms with Gasteiger partial charge in [0, 0.05) is 24.7 Å². The number of aromatic nitrogens is 1. The molecule has 0 saturated heterocycles. The number of nitrogens with zero attached hydrogens (tertiary/aromatic N) is 2. The predicted molar refractivity (Wildman–Crippen MR) is 78.6 cm³/mol. The van der Waals surface area contributed by atoms with Crippen molar-refractivity contribution in [3.05, 3.63) is 29.6 Å². The highest BCUT2D eigenvalue weighted by atomic mass is 32.2. The Hall–Kier alpha value is -1.76. The number of amides is 1. The van der Waals surface area contributed by atoms with Crippen molar-refractivity contribution in [2.75, 3.05) is 0 Å². The number of carbonyl (C=O) groups is 1. The molecule has 112 valence electrons. The van der Waals surface area contributed by atoms with Gasteiger partial charge in [-0.2, -0.15) is 0 Å². The summed E-state index contributed by atoms with van der Waals surface area (Å²) in [7, 11) is -3.46. The molecule has 0 aromatic carbocycles. The normalized spacial score (nSPS) is 24.5. The lowest BCUT2D eigenvalue weighted by atomic mass is 10.2. The Kier molecular flexibility index (Phi) is 3.52. The van der Waals surface area contributed by atoms with E-state index in [2.05, 4.69) is 15.3 Å². The van der Waals surface area contributed by atoms with E-state index in [0.717, 1.165) is 0 Å². The zero-order valence-electron chi connectivity index (χ0n) is 11.7. The molecule has 3 rings (SSSR count). The summed E-state index contributed by atoms with van der Waals surface area (Å²) in [6.45, 7) is 1.78. The first-order valence-corrected chi connectivity index (χ1v) is 8.53. The van der Waals surface area contributed by atoms with Crippen LogP contribution in [-0.2, 0) is 21.2 Å². The van der Waals surface area contributed by atoms with Gasteiger partial charge in [0.1, 0.15) is 0 Å². The van der Waals surface area contributed by atoms with Crippen molar-refractivity contribution in [3.8, 4) is 0 Å². The summed E-state index contributed by atoms with van der Waals surface area (Å²) in [6, 6.07) is 3.42. The Morgan fingerprint density at radius 3 is 2.95 bits per heavy atom. The van der Waals surface area contributed by atoms with Gasteiger partial charge in [-0.3, -0.25) is 14.8 Å². The number of nitrogens with one attached hydrogen (secondary N) is 1. The summed E-state index contributed by atoms with van der Waals surface area (Å²) in [4.78, 5) is 19.4. The number of hydrogen-bond acceptors (Lipinski definition) is 5. The molecule has 1 unspecified atom stereocenters. The van der Waals surface area contributed by atoms with Gasteiger partial charge in [-0.1, -0.05) is 0 Å². The fourth-order valence-corrected chi connectivity index (χ4v) is 5.02. The van der Waals surface area contributed by atoms with Gasteiger partial charge in [0.25, 0.3) is 0 Å². The lowest BCUT2D eigenvalue weighted by Gasteiger charge is -2.13. The molecule has 2 heterocycles. The molecule has 2 aliphatic rings. The van der Waals surface area contributed by atoms with E-state index in [1.54, 1.807) is 18.3 Å². The van der Waals surface area contributed by atoms with Crippen LogP contribution < -0.4 is 5.32 Å². The third-order valence-electron chi connectivity index (χ3n) is 3.99. The van der Waals surface area contributed by atoms with Crippen molar-refractivity contribution < 1.29 is 13.2 Å². The van der Waals surface area contributed by atoms with Gasteiger partial charge < -0.3 is 5.32 Å². The summed E-state index contributed by atoms with van der Waals surface area (Å²) in [5, 5.41) is 2.49. The van der Waals surface area contributed by atoms with E-state index in [1.165, 1.54) is 6.92 Å². The fraction of sp³-hybridized carbons (Fsp3) is 0.500. The van der Waals surface area contributed by atoms with Gasteiger partial charge in [-0.25, -0.2) is 8.42 Å². The summed E-state index contributed by atoms with van der Waals surface area (Å²) in [5.74, 6) is -0.120. The Balaban J connectivity index is 1.82. The molecule has 7 heteroatoms. The highest BCUT2D eigenvalue weighted by Crippen LogP contribution is 2.30. The highest BCUT2D eigenvalue weighted by Gasteiger charge is 2.40. The molecule has 1 aliphatic carbocycles. The second kappa shape index (κ2) is 5.22. The quantitative estimate of drug-likeness (QED) is 0.876. The third kappa shape index (κ3) is 2.57. The molecule has 0 bridgehead atoms. The van der Waals surface area contributed by atoms with Gasteiger partial charge in [0.15, 0.2) is 14.9 Å². The molecule has 0 spiro atoms. The largest absolute Gasteiger partial charge is 0.354 e. The van der Waals surface area contributed by atoms with Crippen molar-refractivity contribution in [2.45, 2.75) is 44.0 Å². The highest BCUT2D eigenvalue weighted by molar-refractivity contribution is 8.07. The fourth-order valence-electron chi connectivity index (χ4n) is 3.03. The maximum Gasteiger partial charge on any atom is 0.217 e. The lowest BCUT2D eigenvalue weighted by molar-refractivity contribution is -0.119.